The topological polar surface area (TPSA) is 48.1 Å². The summed E-state index contributed by atoms with van der Waals surface area (Å²) < 4.78 is 5.96. The van der Waals surface area contributed by atoms with E-state index in [1.165, 1.54) is 0 Å². The van der Waals surface area contributed by atoms with Crippen molar-refractivity contribution >= 4 is 0 Å². The van der Waals surface area contributed by atoms with E-state index < -0.39 is 0 Å². The first kappa shape index (κ1) is 16.0. The lowest BCUT2D eigenvalue weighted by atomic mass is 10.1. The molecule has 0 aromatic carbocycles. The van der Waals surface area contributed by atoms with E-state index in [0.29, 0.717) is 5.92 Å². The lowest BCUT2D eigenvalue weighted by Crippen LogP contribution is -2.23. The zero-order valence-corrected chi connectivity index (χ0v) is 12.8. The average Bonchev–Trinajstić information content (AvgIpc) is 2.41. The van der Waals surface area contributed by atoms with Crippen molar-refractivity contribution in [3.8, 4) is 5.75 Å². The molecule has 1 unspecified atom stereocenters. The van der Waals surface area contributed by atoms with E-state index >= 15 is 0 Å². The molecular formula is C16H28N2O. The minimum absolute atomic E-state index is 0.157. The van der Waals surface area contributed by atoms with Gasteiger partial charge in [-0.25, -0.2) is 0 Å². The normalized spacial score (nSPS) is 12.7. The number of ether oxygens (including phenoxy) is 1. The van der Waals surface area contributed by atoms with Gasteiger partial charge in [0.15, 0.2) is 0 Å². The Morgan fingerprint density at radius 3 is 2.42 bits per heavy atom. The van der Waals surface area contributed by atoms with Crippen molar-refractivity contribution in [1.29, 1.82) is 0 Å². The summed E-state index contributed by atoms with van der Waals surface area (Å²) in [4.78, 5) is 4.59. The van der Waals surface area contributed by atoms with Crippen LogP contribution < -0.4 is 10.5 Å². The minimum atomic E-state index is 0.157. The van der Waals surface area contributed by atoms with Crippen molar-refractivity contribution in [3.05, 3.63) is 23.5 Å². The fourth-order valence-corrected chi connectivity index (χ4v) is 2.00. The van der Waals surface area contributed by atoms with Crippen LogP contribution in [0.2, 0.25) is 0 Å². The fourth-order valence-electron chi connectivity index (χ4n) is 2.00. The SMILES string of the molecule is CCC(N)Cc1nc(C)ccc1OCC(CC)CC. The van der Waals surface area contributed by atoms with Gasteiger partial charge in [0.25, 0.3) is 0 Å². The van der Waals surface area contributed by atoms with Crippen molar-refractivity contribution in [3.63, 3.8) is 0 Å². The highest BCUT2D eigenvalue weighted by atomic mass is 16.5. The zero-order chi connectivity index (χ0) is 14.3. The zero-order valence-electron chi connectivity index (χ0n) is 12.8. The van der Waals surface area contributed by atoms with Crippen molar-refractivity contribution in [1.82, 2.24) is 4.98 Å². The molecule has 0 amide bonds. The molecule has 1 rings (SSSR count). The van der Waals surface area contributed by atoms with Crippen molar-refractivity contribution < 1.29 is 4.74 Å². The summed E-state index contributed by atoms with van der Waals surface area (Å²) in [5, 5.41) is 0. The molecule has 0 fully saturated rings. The van der Waals surface area contributed by atoms with E-state index in [1.54, 1.807) is 0 Å². The Morgan fingerprint density at radius 2 is 1.84 bits per heavy atom. The van der Waals surface area contributed by atoms with Crippen LogP contribution in [-0.2, 0) is 6.42 Å². The third-order valence-electron chi connectivity index (χ3n) is 3.68. The lowest BCUT2D eigenvalue weighted by molar-refractivity contribution is 0.237. The molecule has 3 heteroatoms. The van der Waals surface area contributed by atoms with Gasteiger partial charge in [-0.05, 0) is 31.4 Å². The molecule has 1 aromatic heterocycles. The molecule has 3 nitrogen and oxygen atoms in total. The first-order valence-electron chi connectivity index (χ1n) is 7.45. The summed E-state index contributed by atoms with van der Waals surface area (Å²) in [5.41, 5.74) is 8.06. The van der Waals surface area contributed by atoms with E-state index in [-0.39, 0.29) is 6.04 Å². The van der Waals surface area contributed by atoms with Crippen LogP contribution in [-0.4, -0.2) is 17.6 Å². The molecule has 2 N–H and O–H groups in total. The number of pyridine rings is 1. The van der Waals surface area contributed by atoms with Gasteiger partial charge >= 0.3 is 0 Å². The van der Waals surface area contributed by atoms with Gasteiger partial charge in [-0.1, -0.05) is 33.6 Å². The van der Waals surface area contributed by atoms with Gasteiger partial charge in [0.1, 0.15) is 5.75 Å². The Bertz CT molecular complexity index is 375. The molecule has 0 aliphatic carbocycles. The highest BCUT2D eigenvalue weighted by Gasteiger charge is 2.12. The van der Waals surface area contributed by atoms with Crippen LogP contribution in [0.3, 0.4) is 0 Å². The molecule has 108 valence electrons. The van der Waals surface area contributed by atoms with Crippen LogP contribution in [0.4, 0.5) is 0 Å². The summed E-state index contributed by atoms with van der Waals surface area (Å²) >= 11 is 0. The summed E-state index contributed by atoms with van der Waals surface area (Å²) in [6, 6.07) is 4.19. The number of aromatic nitrogens is 1. The van der Waals surface area contributed by atoms with Gasteiger partial charge in [-0.15, -0.1) is 0 Å². The molecule has 0 saturated heterocycles. The Labute approximate surface area is 117 Å². The summed E-state index contributed by atoms with van der Waals surface area (Å²) in [7, 11) is 0. The van der Waals surface area contributed by atoms with Crippen molar-refractivity contribution in [2.24, 2.45) is 11.7 Å². The quantitative estimate of drug-likeness (QED) is 0.782. The van der Waals surface area contributed by atoms with Gasteiger partial charge in [0.05, 0.1) is 12.3 Å². The highest BCUT2D eigenvalue weighted by molar-refractivity contribution is 5.30. The molecular weight excluding hydrogens is 236 g/mol. The predicted octanol–water partition coefficient (Wildman–Crippen LogP) is 3.48. The summed E-state index contributed by atoms with van der Waals surface area (Å²) in [6.07, 6.45) is 4.05. The van der Waals surface area contributed by atoms with E-state index in [2.05, 4.69) is 25.8 Å². The molecule has 19 heavy (non-hydrogen) atoms. The van der Waals surface area contributed by atoms with Gasteiger partial charge in [-0.3, -0.25) is 4.98 Å². The van der Waals surface area contributed by atoms with Crippen LogP contribution in [0.5, 0.6) is 5.75 Å². The standard InChI is InChI=1S/C16H28N2O/c1-5-13(6-2)11-19-16-9-8-12(4)18-15(16)10-14(17)7-3/h8-9,13-14H,5-7,10-11,17H2,1-4H3. The molecule has 1 atom stereocenters. The first-order valence-corrected chi connectivity index (χ1v) is 7.45. The van der Waals surface area contributed by atoms with Gasteiger partial charge < -0.3 is 10.5 Å². The Morgan fingerprint density at radius 1 is 1.16 bits per heavy atom. The maximum atomic E-state index is 6.04. The summed E-state index contributed by atoms with van der Waals surface area (Å²) in [6.45, 7) is 9.29. The molecule has 0 aliphatic rings. The van der Waals surface area contributed by atoms with Crippen molar-refractivity contribution in [2.75, 3.05) is 6.61 Å². The van der Waals surface area contributed by atoms with E-state index in [9.17, 15) is 0 Å². The first-order chi connectivity index (χ1) is 9.10. The Balaban J connectivity index is 2.75. The number of hydrogen-bond acceptors (Lipinski definition) is 3. The van der Waals surface area contributed by atoms with E-state index in [0.717, 1.165) is 49.4 Å². The van der Waals surface area contributed by atoms with Crippen LogP contribution in [0.15, 0.2) is 12.1 Å². The van der Waals surface area contributed by atoms with Crippen molar-refractivity contribution in [2.45, 2.75) is 59.4 Å². The highest BCUT2D eigenvalue weighted by Crippen LogP contribution is 2.20. The van der Waals surface area contributed by atoms with Gasteiger partial charge in [0.2, 0.25) is 0 Å². The largest absolute Gasteiger partial charge is 0.491 e. The molecule has 0 bridgehead atoms. The molecule has 0 radical (unpaired) electrons. The summed E-state index contributed by atoms with van der Waals surface area (Å²) in [5.74, 6) is 1.52. The third kappa shape index (κ3) is 5.19. The Hall–Kier alpha value is -1.09. The number of nitrogens with zero attached hydrogens (tertiary/aromatic N) is 1. The second-order valence-electron chi connectivity index (χ2n) is 5.26. The maximum Gasteiger partial charge on any atom is 0.140 e. The maximum absolute atomic E-state index is 6.04. The van der Waals surface area contributed by atoms with E-state index in [1.807, 2.05) is 19.1 Å². The molecule has 1 aromatic rings. The molecule has 0 aliphatic heterocycles. The van der Waals surface area contributed by atoms with Gasteiger partial charge in [-0.2, -0.15) is 0 Å². The fraction of sp³-hybridized carbons (Fsp3) is 0.688. The second kappa shape index (κ2) is 8.16. The smallest absolute Gasteiger partial charge is 0.140 e. The number of rotatable bonds is 8. The number of nitrogens with two attached hydrogens (primary N) is 1. The lowest BCUT2D eigenvalue weighted by Gasteiger charge is -2.17. The number of hydrogen-bond donors (Lipinski definition) is 1. The molecule has 0 saturated carbocycles. The predicted molar refractivity (Wildman–Crippen MR) is 80.5 cm³/mol. The number of aryl methyl sites for hydroxylation is 1. The monoisotopic (exact) mass is 264 g/mol. The van der Waals surface area contributed by atoms with E-state index in [4.69, 9.17) is 10.5 Å². The van der Waals surface area contributed by atoms with Crippen LogP contribution in [0.25, 0.3) is 0 Å². The third-order valence-corrected chi connectivity index (χ3v) is 3.68. The molecule has 0 spiro atoms. The average molecular weight is 264 g/mol. The molecule has 1 heterocycles. The second-order valence-corrected chi connectivity index (χ2v) is 5.26. The van der Waals surface area contributed by atoms with Crippen LogP contribution >= 0.6 is 0 Å². The minimum Gasteiger partial charge on any atom is -0.491 e. The van der Waals surface area contributed by atoms with Crippen LogP contribution in [0.1, 0.15) is 51.4 Å². The van der Waals surface area contributed by atoms with Gasteiger partial charge in [0, 0.05) is 18.2 Å². The van der Waals surface area contributed by atoms with Crippen LogP contribution in [0, 0.1) is 12.8 Å². The Kier molecular flexibility index (Phi) is 6.85.